The predicted molar refractivity (Wildman–Crippen MR) is 79.1 cm³/mol. The van der Waals surface area contributed by atoms with E-state index in [0.29, 0.717) is 5.75 Å². The Bertz CT molecular complexity index is 731. The summed E-state index contributed by atoms with van der Waals surface area (Å²) in [5.74, 6) is 0.366. The largest absolute Gasteiger partial charge is 0.490 e. The number of hydrogen-bond donors (Lipinski definition) is 1. The Kier molecular flexibility index (Phi) is 3.54. The summed E-state index contributed by atoms with van der Waals surface area (Å²) in [7, 11) is -3.59. The highest BCUT2D eigenvalue weighted by atomic mass is 79.9. The van der Waals surface area contributed by atoms with E-state index in [1.807, 2.05) is 30.3 Å². The molecular weight excluding hydrogens is 342 g/mol. The van der Waals surface area contributed by atoms with Crippen molar-refractivity contribution in [1.82, 2.24) is 4.72 Å². The number of rotatable bonds is 1. The molecule has 0 unspecified atom stereocenters. The Hall–Kier alpha value is -1.37. The molecule has 0 amide bonds. The maximum Gasteiger partial charge on any atom is 0.244 e. The monoisotopic (exact) mass is 353 g/mol. The summed E-state index contributed by atoms with van der Waals surface area (Å²) in [5.41, 5.74) is 0.878. The predicted octanol–water partition coefficient (Wildman–Crippen LogP) is 2.86. The van der Waals surface area contributed by atoms with Crippen molar-refractivity contribution in [2.75, 3.05) is 6.61 Å². The second-order valence-electron chi connectivity index (χ2n) is 4.49. The van der Waals surface area contributed by atoms with Crippen molar-refractivity contribution < 1.29 is 13.2 Å². The van der Waals surface area contributed by atoms with Crippen molar-refractivity contribution in [1.29, 1.82) is 0 Å². The topological polar surface area (TPSA) is 55.4 Å². The van der Waals surface area contributed by atoms with Gasteiger partial charge in [0.05, 0.1) is 6.04 Å². The average molecular weight is 354 g/mol. The van der Waals surface area contributed by atoms with Gasteiger partial charge >= 0.3 is 0 Å². The fraction of sp³-hybridized carbons (Fsp3) is 0.143. The Morgan fingerprint density at radius 3 is 2.65 bits per heavy atom. The highest BCUT2D eigenvalue weighted by Crippen LogP contribution is 2.32. The fourth-order valence-electron chi connectivity index (χ4n) is 2.12. The molecular formula is C14H12BrNO3S. The molecule has 0 saturated heterocycles. The second kappa shape index (κ2) is 5.20. The van der Waals surface area contributed by atoms with Gasteiger partial charge in [0.1, 0.15) is 17.3 Å². The van der Waals surface area contributed by atoms with Crippen LogP contribution in [-0.2, 0) is 10.0 Å². The number of sulfonamides is 1. The molecule has 0 radical (unpaired) electrons. The molecule has 20 heavy (non-hydrogen) atoms. The molecule has 6 heteroatoms. The molecule has 1 N–H and O–H groups in total. The molecule has 0 aromatic heterocycles. The van der Waals surface area contributed by atoms with Crippen molar-refractivity contribution in [3.8, 4) is 5.75 Å². The third-order valence-electron chi connectivity index (χ3n) is 3.10. The smallest absolute Gasteiger partial charge is 0.244 e. The zero-order valence-electron chi connectivity index (χ0n) is 10.4. The molecule has 104 valence electrons. The van der Waals surface area contributed by atoms with Gasteiger partial charge in [0.2, 0.25) is 10.0 Å². The summed E-state index contributed by atoms with van der Waals surface area (Å²) in [5, 5.41) is 0. The standard InChI is InChI=1S/C14H12BrNO3S/c15-11-6-7-14-13(8-11)19-9-12(16-20(14,17)18)10-4-2-1-3-5-10/h1-8,12,16H,9H2/t12-/m1/s1. The molecule has 0 spiro atoms. The molecule has 3 rings (SSSR count). The van der Waals surface area contributed by atoms with E-state index in [9.17, 15) is 8.42 Å². The first kappa shape index (κ1) is 13.6. The summed E-state index contributed by atoms with van der Waals surface area (Å²) >= 11 is 3.32. The number of hydrogen-bond acceptors (Lipinski definition) is 3. The van der Waals surface area contributed by atoms with Gasteiger partial charge in [-0.15, -0.1) is 0 Å². The number of halogens is 1. The van der Waals surface area contributed by atoms with Crippen LogP contribution in [0, 0.1) is 0 Å². The molecule has 1 aliphatic rings. The summed E-state index contributed by atoms with van der Waals surface area (Å²) in [6, 6.07) is 13.9. The van der Waals surface area contributed by atoms with Gasteiger partial charge in [-0.1, -0.05) is 46.3 Å². The van der Waals surface area contributed by atoms with Crippen molar-refractivity contribution >= 4 is 26.0 Å². The minimum atomic E-state index is -3.59. The van der Waals surface area contributed by atoms with Gasteiger partial charge in [0.15, 0.2) is 0 Å². The van der Waals surface area contributed by atoms with Crippen LogP contribution in [-0.4, -0.2) is 15.0 Å². The van der Waals surface area contributed by atoms with E-state index >= 15 is 0 Å². The first-order valence-electron chi connectivity index (χ1n) is 6.06. The van der Waals surface area contributed by atoms with Gasteiger partial charge in [-0.25, -0.2) is 13.1 Å². The van der Waals surface area contributed by atoms with Crippen molar-refractivity contribution in [2.45, 2.75) is 10.9 Å². The van der Waals surface area contributed by atoms with Gasteiger partial charge in [0, 0.05) is 4.47 Å². The molecule has 4 nitrogen and oxygen atoms in total. The minimum Gasteiger partial charge on any atom is -0.490 e. The number of fused-ring (bicyclic) bond motifs is 1. The van der Waals surface area contributed by atoms with Crippen molar-refractivity contribution in [3.63, 3.8) is 0 Å². The zero-order chi connectivity index (χ0) is 14.2. The first-order valence-corrected chi connectivity index (χ1v) is 8.33. The van der Waals surface area contributed by atoms with E-state index in [4.69, 9.17) is 4.74 Å². The maximum atomic E-state index is 12.4. The molecule has 0 fully saturated rings. The Labute approximate surface area is 126 Å². The van der Waals surface area contributed by atoms with Crippen LogP contribution in [0.25, 0.3) is 0 Å². The highest BCUT2D eigenvalue weighted by molar-refractivity contribution is 9.10. The maximum absolute atomic E-state index is 12.4. The molecule has 1 aliphatic heterocycles. The lowest BCUT2D eigenvalue weighted by Crippen LogP contribution is -2.29. The Balaban J connectivity index is 2.02. The van der Waals surface area contributed by atoms with E-state index in [2.05, 4.69) is 20.7 Å². The van der Waals surface area contributed by atoms with Crippen molar-refractivity contribution in [3.05, 3.63) is 58.6 Å². The Morgan fingerprint density at radius 2 is 1.90 bits per heavy atom. The van der Waals surface area contributed by atoms with Crippen LogP contribution < -0.4 is 9.46 Å². The number of ether oxygens (including phenoxy) is 1. The average Bonchev–Trinajstić information content (AvgIpc) is 2.56. The summed E-state index contributed by atoms with van der Waals surface area (Å²) < 4.78 is 33.9. The van der Waals surface area contributed by atoms with Crippen molar-refractivity contribution in [2.24, 2.45) is 0 Å². The lowest BCUT2D eigenvalue weighted by atomic mass is 10.1. The lowest BCUT2D eigenvalue weighted by molar-refractivity contribution is 0.282. The van der Waals surface area contributed by atoms with Gasteiger partial charge in [0.25, 0.3) is 0 Å². The van der Waals surface area contributed by atoms with E-state index in [1.54, 1.807) is 12.1 Å². The van der Waals surface area contributed by atoms with Crippen LogP contribution in [0.5, 0.6) is 5.75 Å². The third-order valence-corrected chi connectivity index (χ3v) is 5.10. The SMILES string of the molecule is O=S1(=O)N[C@@H](c2ccccc2)COc2cc(Br)ccc21. The second-order valence-corrected chi connectivity index (χ2v) is 7.08. The van der Waals surface area contributed by atoms with Crippen LogP contribution in [0.1, 0.15) is 11.6 Å². The summed E-state index contributed by atoms with van der Waals surface area (Å²) in [4.78, 5) is 0.166. The van der Waals surface area contributed by atoms with Crippen LogP contribution in [0.4, 0.5) is 0 Å². The molecule has 1 atom stereocenters. The van der Waals surface area contributed by atoms with Crippen LogP contribution in [0.2, 0.25) is 0 Å². The molecule has 2 aromatic rings. The molecule has 0 bridgehead atoms. The number of benzene rings is 2. The van der Waals surface area contributed by atoms with E-state index < -0.39 is 16.1 Å². The number of nitrogens with one attached hydrogen (secondary N) is 1. The molecule has 0 aliphatic carbocycles. The van der Waals surface area contributed by atoms with Crippen LogP contribution in [0.3, 0.4) is 0 Å². The van der Waals surface area contributed by atoms with Crippen LogP contribution in [0.15, 0.2) is 57.9 Å². The van der Waals surface area contributed by atoms with E-state index in [1.165, 1.54) is 6.07 Å². The highest BCUT2D eigenvalue weighted by Gasteiger charge is 2.29. The first-order chi connectivity index (χ1) is 9.56. The quantitative estimate of drug-likeness (QED) is 0.857. The summed E-state index contributed by atoms with van der Waals surface area (Å²) in [6.07, 6.45) is 0. The molecule has 0 saturated carbocycles. The van der Waals surface area contributed by atoms with E-state index in [0.717, 1.165) is 10.0 Å². The van der Waals surface area contributed by atoms with E-state index in [-0.39, 0.29) is 11.5 Å². The summed E-state index contributed by atoms with van der Waals surface area (Å²) in [6.45, 7) is 0.257. The third kappa shape index (κ3) is 2.59. The normalized spacial score (nSPS) is 20.6. The van der Waals surface area contributed by atoms with Crippen LogP contribution >= 0.6 is 15.9 Å². The molecule has 2 aromatic carbocycles. The van der Waals surface area contributed by atoms with Gasteiger partial charge in [-0.2, -0.15) is 0 Å². The Morgan fingerprint density at radius 1 is 1.15 bits per heavy atom. The minimum absolute atomic E-state index is 0.166. The zero-order valence-corrected chi connectivity index (χ0v) is 12.8. The van der Waals surface area contributed by atoms with Gasteiger partial charge in [-0.05, 0) is 23.8 Å². The van der Waals surface area contributed by atoms with Gasteiger partial charge in [-0.3, -0.25) is 0 Å². The lowest BCUT2D eigenvalue weighted by Gasteiger charge is -2.14. The molecule has 1 heterocycles. The van der Waals surface area contributed by atoms with Gasteiger partial charge < -0.3 is 4.74 Å². The fourth-order valence-corrected chi connectivity index (χ4v) is 3.80.